The van der Waals surface area contributed by atoms with Crippen LogP contribution in [0.2, 0.25) is 0 Å². The Morgan fingerprint density at radius 1 is 1.18 bits per heavy atom. The standard InChI is InChI=1S/C26H27N3O5/c1-14(2)25(32)33-10-9-28-21(30)13-34-16-6-8-17-19(12-16)26(3,4)24-22(23(17)31)18-7-5-15(27)11-20(18)29-24/h5-8,11-12,29H,1,9-10,13,27H2,2-4H3,(H,28,30). The molecule has 0 bridgehead atoms. The minimum atomic E-state index is -0.502. The first kappa shape index (κ1) is 23.1. The first-order chi connectivity index (χ1) is 16.1. The van der Waals surface area contributed by atoms with Crippen molar-refractivity contribution in [2.45, 2.75) is 26.2 Å². The van der Waals surface area contributed by atoms with Gasteiger partial charge < -0.3 is 25.5 Å². The molecule has 3 aromatic rings. The van der Waals surface area contributed by atoms with Gasteiger partial charge in [0.2, 0.25) is 0 Å². The highest BCUT2D eigenvalue weighted by Crippen LogP contribution is 2.44. The number of aromatic amines is 1. The Morgan fingerprint density at radius 2 is 1.94 bits per heavy atom. The lowest BCUT2D eigenvalue weighted by Gasteiger charge is -2.32. The number of carbonyl (C=O) groups excluding carboxylic acids is 3. The van der Waals surface area contributed by atoms with E-state index < -0.39 is 11.4 Å². The molecule has 4 rings (SSSR count). The molecular weight excluding hydrogens is 434 g/mol. The third-order valence-corrected chi connectivity index (χ3v) is 5.96. The van der Waals surface area contributed by atoms with Gasteiger partial charge in [0.15, 0.2) is 12.4 Å². The molecule has 2 aromatic carbocycles. The summed E-state index contributed by atoms with van der Waals surface area (Å²) in [5.41, 5.74) is 10.1. The molecule has 176 valence electrons. The number of nitrogen functional groups attached to an aromatic ring is 1. The zero-order valence-corrected chi connectivity index (χ0v) is 19.4. The van der Waals surface area contributed by atoms with E-state index in [4.69, 9.17) is 15.2 Å². The van der Waals surface area contributed by atoms with E-state index in [2.05, 4.69) is 16.9 Å². The first-order valence-electron chi connectivity index (χ1n) is 10.9. The summed E-state index contributed by atoms with van der Waals surface area (Å²) in [6.45, 7) is 9.13. The van der Waals surface area contributed by atoms with Crippen LogP contribution >= 0.6 is 0 Å². The number of ether oxygens (including phenoxy) is 2. The van der Waals surface area contributed by atoms with Gasteiger partial charge in [-0.05, 0) is 42.8 Å². The molecule has 0 fully saturated rings. The number of nitrogens with one attached hydrogen (secondary N) is 2. The van der Waals surface area contributed by atoms with Gasteiger partial charge in [0.05, 0.1) is 12.1 Å². The summed E-state index contributed by atoms with van der Waals surface area (Å²) in [5, 5.41) is 3.47. The number of esters is 1. The minimum Gasteiger partial charge on any atom is -0.484 e. The van der Waals surface area contributed by atoms with E-state index in [0.29, 0.717) is 28.1 Å². The monoisotopic (exact) mass is 461 g/mol. The van der Waals surface area contributed by atoms with E-state index in [1.807, 2.05) is 26.0 Å². The van der Waals surface area contributed by atoms with Gasteiger partial charge in [0.25, 0.3) is 5.91 Å². The fraction of sp³-hybridized carbons (Fsp3) is 0.269. The quantitative estimate of drug-likeness (QED) is 0.215. The van der Waals surface area contributed by atoms with Crippen LogP contribution in [0.15, 0.2) is 48.6 Å². The van der Waals surface area contributed by atoms with E-state index in [1.165, 1.54) is 0 Å². The summed E-state index contributed by atoms with van der Waals surface area (Å²) in [7, 11) is 0. The van der Waals surface area contributed by atoms with Crippen molar-refractivity contribution >= 4 is 34.3 Å². The van der Waals surface area contributed by atoms with Gasteiger partial charge in [-0.25, -0.2) is 4.79 Å². The van der Waals surface area contributed by atoms with Gasteiger partial charge in [0, 0.05) is 38.8 Å². The Bertz CT molecular complexity index is 1340. The summed E-state index contributed by atoms with van der Waals surface area (Å²) in [5.74, 6) is -0.436. The molecule has 1 heterocycles. The highest BCUT2D eigenvalue weighted by molar-refractivity contribution is 6.20. The van der Waals surface area contributed by atoms with E-state index in [1.54, 1.807) is 31.2 Å². The van der Waals surface area contributed by atoms with Gasteiger partial charge in [0.1, 0.15) is 12.4 Å². The Kier molecular flexibility index (Phi) is 5.91. The fourth-order valence-corrected chi connectivity index (χ4v) is 4.17. The molecule has 0 saturated heterocycles. The lowest BCUT2D eigenvalue weighted by Crippen LogP contribution is -2.32. The molecule has 4 N–H and O–H groups in total. The van der Waals surface area contributed by atoms with Crippen LogP contribution in [0.25, 0.3) is 10.9 Å². The number of amides is 1. The van der Waals surface area contributed by atoms with Crippen molar-refractivity contribution in [2.75, 3.05) is 25.5 Å². The number of nitrogens with two attached hydrogens (primary N) is 1. The number of rotatable bonds is 7. The van der Waals surface area contributed by atoms with Crippen molar-refractivity contribution < 1.29 is 23.9 Å². The van der Waals surface area contributed by atoms with Crippen LogP contribution in [0.1, 0.15) is 48.0 Å². The fourth-order valence-electron chi connectivity index (χ4n) is 4.17. The van der Waals surface area contributed by atoms with Gasteiger partial charge in [-0.1, -0.05) is 26.5 Å². The van der Waals surface area contributed by atoms with Crippen molar-refractivity contribution in [1.29, 1.82) is 0 Å². The van der Waals surface area contributed by atoms with Crippen LogP contribution in [-0.4, -0.2) is 42.4 Å². The molecule has 8 nitrogen and oxygen atoms in total. The molecule has 1 aliphatic rings. The number of fused-ring (bicyclic) bond motifs is 4. The third kappa shape index (κ3) is 4.14. The lowest BCUT2D eigenvalue weighted by atomic mass is 9.71. The highest BCUT2D eigenvalue weighted by atomic mass is 16.5. The maximum Gasteiger partial charge on any atom is 0.333 e. The van der Waals surface area contributed by atoms with E-state index in [-0.39, 0.29) is 31.4 Å². The molecule has 0 radical (unpaired) electrons. The zero-order chi connectivity index (χ0) is 24.6. The summed E-state index contributed by atoms with van der Waals surface area (Å²) < 4.78 is 10.6. The predicted octanol–water partition coefficient (Wildman–Crippen LogP) is 3.23. The number of benzene rings is 2. The molecule has 0 spiro atoms. The molecule has 0 aliphatic heterocycles. The molecule has 8 heteroatoms. The molecular formula is C26H27N3O5. The average molecular weight is 462 g/mol. The number of anilines is 1. The van der Waals surface area contributed by atoms with E-state index in [9.17, 15) is 14.4 Å². The summed E-state index contributed by atoms with van der Waals surface area (Å²) in [4.78, 5) is 40.2. The number of hydrogen-bond acceptors (Lipinski definition) is 6. The normalized spacial score (nSPS) is 13.7. The molecule has 1 aromatic heterocycles. The predicted molar refractivity (Wildman–Crippen MR) is 129 cm³/mol. The van der Waals surface area contributed by atoms with E-state index >= 15 is 0 Å². The molecule has 0 atom stereocenters. The molecule has 1 aliphatic carbocycles. The Balaban J connectivity index is 1.48. The highest BCUT2D eigenvalue weighted by Gasteiger charge is 2.39. The van der Waals surface area contributed by atoms with Crippen LogP contribution in [0.4, 0.5) is 5.69 Å². The second kappa shape index (κ2) is 8.70. The van der Waals surface area contributed by atoms with E-state index in [0.717, 1.165) is 22.2 Å². The summed E-state index contributed by atoms with van der Waals surface area (Å²) >= 11 is 0. The van der Waals surface area contributed by atoms with Gasteiger partial charge in [-0.3, -0.25) is 9.59 Å². The van der Waals surface area contributed by atoms with Crippen LogP contribution in [-0.2, 0) is 19.7 Å². The molecule has 0 saturated carbocycles. The van der Waals surface area contributed by atoms with Crippen LogP contribution < -0.4 is 15.8 Å². The second-order valence-corrected chi connectivity index (χ2v) is 8.90. The second-order valence-electron chi connectivity index (χ2n) is 8.90. The van der Waals surface area contributed by atoms with Crippen LogP contribution in [0.3, 0.4) is 0 Å². The van der Waals surface area contributed by atoms with Crippen molar-refractivity contribution in [3.63, 3.8) is 0 Å². The Hall–Kier alpha value is -4.07. The van der Waals surface area contributed by atoms with Crippen LogP contribution in [0, 0.1) is 0 Å². The number of carbonyl (C=O) groups is 3. The van der Waals surface area contributed by atoms with Gasteiger partial charge in [-0.2, -0.15) is 0 Å². The third-order valence-electron chi connectivity index (χ3n) is 5.96. The Labute approximate surface area is 197 Å². The SMILES string of the molecule is C=C(C)C(=O)OCCNC(=O)COc1ccc2c(c1)C(C)(C)c1[nH]c3cc(N)ccc3c1C2=O. The largest absolute Gasteiger partial charge is 0.484 e. The molecule has 0 unspecified atom stereocenters. The number of aromatic nitrogens is 1. The first-order valence-corrected chi connectivity index (χ1v) is 10.9. The average Bonchev–Trinajstić information content (AvgIpc) is 3.18. The maximum absolute atomic E-state index is 13.4. The Morgan fingerprint density at radius 3 is 2.68 bits per heavy atom. The maximum atomic E-state index is 13.4. The topological polar surface area (TPSA) is 124 Å². The van der Waals surface area contributed by atoms with Crippen molar-refractivity contribution in [3.8, 4) is 5.75 Å². The minimum absolute atomic E-state index is 0.0467. The number of hydrogen-bond donors (Lipinski definition) is 3. The van der Waals surface area contributed by atoms with Crippen molar-refractivity contribution in [1.82, 2.24) is 10.3 Å². The van der Waals surface area contributed by atoms with Crippen molar-refractivity contribution in [2.24, 2.45) is 0 Å². The number of ketones is 1. The van der Waals surface area contributed by atoms with Crippen molar-refractivity contribution in [3.05, 3.63) is 70.9 Å². The number of H-pyrrole nitrogens is 1. The molecule has 1 amide bonds. The van der Waals surface area contributed by atoms with Crippen LogP contribution in [0.5, 0.6) is 5.75 Å². The summed E-state index contributed by atoms with van der Waals surface area (Å²) in [6.07, 6.45) is 0. The molecule has 34 heavy (non-hydrogen) atoms. The zero-order valence-electron chi connectivity index (χ0n) is 19.4. The van der Waals surface area contributed by atoms with Gasteiger partial charge in [-0.15, -0.1) is 0 Å². The lowest BCUT2D eigenvalue weighted by molar-refractivity contribution is -0.139. The smallest absolute Gasteiger partial charge is 0.333 e. The summed E-state index contributed by atoms with van der Waals surface area (Å²) in [6, 6.07) is 10.7. The van der Waals surface area contributed by atoms with Gasteiger partial charge >= 0.3 is 5.97 Å².